The summed E-state index contributed by atoms with van der Waals surface area (Å²) in [6.07, 6.45) is 0. The third-order valence-electron chi connectivity index (χ3n) is 3.44. The molecule has 0 spiro atoms. The lowest BCUT2D eigenvalue weighted by Crippen LogP contribution is -2.51. The molecule has 2 rings (SSSR count). The predicted octanol–water partition coefficient (Wildman–Crippen LogP) is 1.79. The van der Waals surface area contributed by atoms with Crippen molar-refractivity contribution in [1.82, 2.24) is 10.2 Å². The Balaban J connectivity index is 0.00000200. The van der Waals surface area contributed by atoms with Gasteiger partial charge in [-0.05, 0) is 31.5 Å². The van der Waals surface area contributed by atoms with Gasteiger partial charge in [0.15, 0.2) is 0 Å². The van der Waals surface area contributed by atoms with Gasteiger partial charge in [-0.15, -0.1) is 12.4 Å². The van der Waals surface area contributed by atoms with Gasteiger partial charge >= 0.3 is 0 Å². The van der Waals surface area contributed by atoms with Gasteiger partial charge in [-0.1, -0.05) is 6.07 Å². The Hall–Kier alpha value is -1.17. The molecule has 1 saturated heterocycles. The lowest BCUT2D eigenvalue weighted by atomic mass is 10.2. The van der Waals surface area contributed by atoms with Crippen molar-refractivity contribution < 1.29 is 9.18 Å². The van der Waals surface area contributed by atoms with Gasteiger partial charge in [-0.3, -0.25) is 9.69 Å². The molecule has 1 aliphatic heterocycles. The van der Waals surface area contributed by atoms with Gasteiger partial charge in [-0.2, -0.15) is 0 Å². The SMILES string of the molecule is Cc1ccc(NC(=O)CN2CCNCC2C)cc1F.Cl. The van der Waals surface area contributed by atoms with E-state index in [0.717, 1.165) is 19.6 Å². The number of anilines is 1. The zero-order chi connectivity index (χ0) is 13.8. The third-order valence-corrected chi connectivity index (χ3v) is 3.44. The van der Waals surface area contributed by atoms with E-state index in [1.54, 1.807) is 19.1 Å². The van der Waals surface area contributed by atoms with Crippen molar-refractivity contribution in [2.24, 2.45) is 0 Å². The molecule has 112 valence electrons. The molecule has 1 atom stereocenters. The molecule has 4 nitrogen and oxygen atoms in total. The van der Waals surface area contributed by atoms with Crippen LogP contribution in [0.4, 0.5) is 10.1 Å². The van der Waals surface area contributed by atoms with E-state index in [-0.39, 0.29) is 24.1 Å². The smallest absolute Gasteiger partial charge is 0.238 e. The lowest BCUT2D eigenvalue weighted by molar-refractivity contribution is -0.118. The van der Waals surface area contributed by atoms with Gasteiger partial charge in [0.05, 0.1) is 6.54 Å². The first-order chi connectivity index (χ1) is 9.06. The summed E-state index contributed by atoms with van der Waals surface area (Å²) in [7, 11) is 0. The van der Waals surface area contributed by atoms with Crippen LogP contribution in [0.15, 0.2) is 18.2 Å². The van der Waals surface area contributed by atoms with Crippen LogP contribution in [0.5, 0.6) is 0 Å². The zero-order valence-corrected chi connectivity index (χ0v) is 12.6. The van der Waals surface area contributed by atoms with Gasteiger partial charge in [0, 0.05) is 31.4 Å². The summed E-state index contributed by atoms with van der Waals surface area (Å²) >= 11 is 0. The number of halogens is 2. The van der Waals surface area contributed by atoms with Crippen molar-refractivity contribution in [2.45, 2.75) is 19.9 Å². The van der Waals surface area contributed by atoms with Crippen LogP contribution >= 0.6 is 12.4 Å². The monoisotopic (exact) mass is 301 g/mol. The molecule has 1 heterocycles. The first-order valence-corrected chi connectivity index (χ1v) is 6.57. The number of benzene rings is 1. The molecular weight excluding hydrogens is 281 g/mol. The molecule has 1 aromatic carbocycles. The molecule has 2 N–H and O–H groups in total. The molecule has 6 heteroatoms. The maximum absolute atomic E-state index is 13.4. The minimum absolute atomic E-state index is 0. The average molecular weight is 302 g/mol. The molecule has 1 fully saturated rings. The number of piperazine rings is 1. The highest BCUT2D eigenvalue weighted by atomic mass is 35.5. The fourth-order valence-electron chi connectivity index (χ4n) is 2.17. The minimum atomic E-state index is -0.298. The number of rotatable bonds is 3. The van der Waals surface area contributed by atoms with Gasteiger partial charge in [0.2, 0.25) is 5.91 Å². The second kappa shape index (κ2) is 7.57. The van der Waals surface area contributed by atoms with Gasteiger partial charge < -0.3 is 10.6 Å². The quantitative estimate of drug-likeness (QED) is 0.894. The minimum Gasteiger partial charge on any atom is -0.325 e. The van der Waals surface area contributed by atoms with E-state index in [9.17, 15) is 9.18 Å². The maximum atomic E-state index is 13.4. The Kier molecular flexibility index (Phi) is 6.39. The summed E-state index contributed by atoms with van der Waals surface area (Å²) < 4.78 is 13.4. The van der Waals surface area contributed by atoms with Crippen molar-refractivity contribution in [3.05, 3.63) is 29.6 Å². The number of hydrogen-bond donors (Lipinski definition) is 2. The van der Waals surface area contributed by atoms with E-state index in [4.69, 9.17) is 0 Å². The van der Waals surface area contributed by atoms with Crippen LogP contribution in [0, 0.1) is 12.7 Å². The normalized spacial score (nSPS) is 19.2. The summed E-state index contributed by atoms with van der Waals surface area (Å²) in [5.74, 6) is -0.398. The molecule has 0 bridgehead atoms. The van der Waals surface area contributed by atoms with Gasteiger partial charge in [0.25, 0.3) is 0 Å². The van der Waals surface area contributed by atoms with Crippen molar-refractivity contribution in [1.29, 1.82) is 0 Å². The number of amides is 1. The topological polar surface area (TPSA) is 44.4 Å². The van der Waals surface area contributed by atoms with Crippen LogP contribution in [0.25, 0.3) is 0 Å². The second-order valence-electron chi connectivity index (χ2n) is 5.04. The van der Waals surface area contributed by atoms with E-state index in [1.165, 1.54) is 6.07 Å². The second-order valence-corrected chi connectivity index (χ2v) is 5.04. The van der Waals surface area contributed by atoms with E-state index in [1.807, 2.05) is 0 Å². The van der Waals surface area contributed by atoms with Crippen LogP contribution in [0.3, 0.4) is 0 Å². The summed E-state index contributed by atoms with van der Waals surface area (Å²) in [5.41, 5.74) is 1.09. The van der Waals surface area contributed by atoms with Crippen molar-refractivity contribution in [2.75, 3.05) is 31.5 Å². The molecular formula is C14H21ClFN3O. The van der Waals surface area contributed by atoms with Crippen molar-refractivity contribution in [3.63, 3.8) is 0 Å². The third kappa shape index (κ3) is 4.44. The summed E-state index contributed by atoms with van der Waals surface area (Å²) in [6, 6.07) is 5.08. The maximum Gasteiger partial charge on any atom is 0.238 e. The Morgan fingerprint density at radius 1 is 1.55 bits per heavy atom. The molecule has 0 radical (unpaired) electrons. The van der Waals surface area contributed by atoms with Crippen molar-refractivity contribution in [3.8, 4) is 0 Å². The van der Waals surface area contributed by atoms with Crippen molar-refractivity contribution >= 4 is 24.0 Å². The predicted molar refractivity (Wildman–Crippen MR) is 80.9 cm³/mol. The number of carbonyl (C=O) groups is 1. The number of aryl methyl sites for hydroxylation is 1. The molecule has 0 aliphatic carbocycles. The molecule has 1 unspecified atom stereocenters. The fourth-order valence-corrected chi connectivity index (χ4v) is 2.17. The first-order valence-electron chi connectivity index (χ1n) is 6.57. The molecule has 1 aromatic rings. The molecule has 1 aliphatic rings. The number of nitrogens with one attached hydrogen (secondary N) is 2. The van der Waals surface area contributed by atoms with Crippen LogP contribution in [0.1, 0.15) is 12.5 Å². The van der Waals surface area contributed by atoms with Crippen LogP contribution in [-0.2, 0) is 4.79 Å². The zero-order valence-electron chi connectivity index (χ0n) is 11.8. The highest BCUT2D eigenvalue weighted by Gasteiger charge is 2.20. The molecule has 0 aromatic heterocycles. The van der Waals surface area contributed by atoms with E-state index < -0.39 is 0 Å². The fraction of sp³-hybridized carbons (Fsp3) is 0.500. The lowest BCUT2D eigenvalue weighted by Gasteiger charge is -2.33. The first kappa shape index (κ1) is 16.9. The Labute approximate surface area is 125 Å². The van der Waals surface area contributed by atoms with E-state index in [2.05, 4.69) is 22.5 Å². The van der Waals surface area contributed by atoms with E-state index in [0.29, 0.717) is 23.8 Å². The standard InChI is InChI=1S/C14H20FN3O.ClH/c1-10-3-4-12(7-13(10)15)17-14(19)9-18-6-5-16-8-11(18)2;/h3-4,7,11,16H,5-6,8-9H2,1-2H3,(H,17,19);1H. The van der Waals surface area contributed by atoms with Gasteiger partial charge in [0.1, 0.15) is 5.82 Å². The summed E-state index contributed by atoms with van der Waals surface area (Å²) in [6.45, 7) is 6.78. The number of hydrogen-bond acceptors (Lipinski definition) is 3. The average Bonchev–Trinajstić information content (AvgIpc) is 2.37. The van der Waals surface area contributed by atoms with Crippen LogP contribution in [-0.4, -0.2) is 43.0 Å². The molecule has 20 heavy (non-hydrogen) atoms. The van der Waals surface area contributed by atoms with Crippen LogP contribution in [0.2, 0.25) is 0 Å². The highest BCUT2D eigenvalue weighted by molar-refractivity contribution is 5.92. The number of carbonyl (C=O) groups excluding carboxylic acids is 1. The van der Waals surface area contributed by atoms with E-state index >= 15 is 0 Å². The molecule has 1 amide bonds. The van der Waals surface area contributed by atoms with Crippen LogP contribution < -0.4 is 10.6 Å². The highest BCUT2D eigenvalue weighted by Crippen LogP contribution is 2.13. The number of nitrogens with zero attached hydrogens (tertiary/aromatic N) is 1. The Bertz CT molecular complexity index is 470. The Morgan fingerprint density at radius 2 is 2.30 bits per heavy atom. The van der Waals surface area contributed by atoms with Gasteiger partial charge in [-0.25, -0.2) is 4.39 Å². The largest absolute Gasteiger partial charge is 0.325 e. The summed E-state index contributed by atoms with van der Waals surface area (Å²) in [5, 5.41) is 6.01. The Morgan fingerprint density at radius 3 is 2.95 bits per heavy atom. The molecule has 0 saturated carbocycles. The summed E-state index contributed by atoms with van der Waals surface area (Å²) in [4.78, 5) is 14.0.